The van der Waals surface area contributed by atoms with Gasteiger partial charge in [-0.25, -0.2) is 0 Å². The number of nitrogens with one attached hydrogen (secondary N) is 2. The van der Waals surface area contributed by atoms with Gasteiger partial charge in [-0.1, -0.05) is 27.7 Å². The maximum absolute atomic E-state index is 13.1. The van der Waals surface area contributed by atoms with E-state index in [2.05, 4.69) is 65.2 Å². The third-order valence-electron chi connectivity index (χ3n) is 7.06. The molecule has 0 atom stereocenters. The summed E-state index contributed by atoms with van der Waals surface area (Å²) in [5.41, 5.74) is 6.29. The van der Waals surface area contributed by atoms with Crippen LogP contribution in [0.1, 0.15) is 86.1 Å². The first-order valence-corrected chi connectivity index (χ1v) is 15.2. The summed E-state index contributed by atoms with van der Waals surface area (Å²) in [5, 5.41) is 17.8. The van der Waals surface area contributed by atoms with Crippen molar-refractivity contribution < 1.29 is 9.90 Å². The van der Waals surface area contributed by atoms with Gasteiger partial charge in [-0.05, 0) is 113 Å². The molecular weight excluding hydrogens is 510 g/mol. The zero-order chi connectivity index (χ0) is 29.6. The number of hydrogen-bond acceptors (Lipinski definition) is 6. The molecule has 3 rings (SSSR count). The van der Waals surface area contributed by atoms with Gasteiger partial charge in [-0.3, -0.25) is 19.6 Å². The van der Waals surface area contributed by atoms with Crippen LogP contribution in [-0.2, 0) is 19.6 Å². The minimum absolute atomic E-state index is 0.121. The summed E-state index contributed by atoms with van der Waals surface area (Å²) in [6, 6.07) is 15.5. The second-order valence-electron chi connectivity index (χ2n) is 10.9. The number of pyridine rings is 1. The number of aromatic hydroxyl groups is 1. The van der Waals surface area contributed by atoms with Gasteiger partial charge in [0.15, 0.2) is 0 Å². The normalized spacial score (nSPS) is 11.3. The number of hydrogen-bond donors (Lipinski definition) is 3. The number of anilines is 2. The molecule has 0 unspecified atom stereocenters. The van der Waals surface area contributed by atoms with Crippen LogP contribution in [0.2, 0.25) is 0 Å². The van der Waals surface area contributed by atoms with Crippen molar-refractivity contribution >= 4 is 17.3 Å². The van der Waals surface area contributed by atoms with Crippen LogP contribution in [0.3, 0.4) is 0 Å². The van der Waals surface area contributed by atoms with Crippen LogP contribution in [0.5, 0.6) is 5.75 Å². The van der Waals surface area contributed by atoms with E-state index in [1.165, 1.54) is 0 Å². The fourth-order valence-corrected chi connectivity index (χ4v) is 5.24. The summed E-state index contributed by atoms with van der Waals surface area (Å²) >= 11 is 0. The molecule has 7 nitrogen and oxygen atoms in total. The molecule has 0 bridgehead atoms. The second-order valence-corrected chi connectivity index (χ2v) is 10.9. The summed E-state index contributed by atoms with van der Waals surface area (Å²) in [4.78, 5) is 22.1. The lowest BCUT2D eigenvalue weighted by Gasteiger charge is -2.25. The molecule has 3 aromatic rings. The number of phenols is 1. The van der Waals surface area contributed by atoms with Crippen molar-refractivity contribution in [2.45, 2.75) is 79.9 Å². The summed E-state index contributed by atoms with van der Waals surface area (Å²) in [6.45, 7) is 16.5. The zero-order valence-corrected chi connectivity index (χ0v) is 25.7. The van der Waals surface area contributed by atoms with Crippen molar-refractivity contribution in [3.63, 3.8) is 0 Å². The van der Waals surface area contributed by atoms with E-state index in [1.807, 2.05) is 43.3 Å². The highest BCUT2D eigenvalue weighted by atomic mass is 16.3. The number of amides is 1. The Morgan fingerprint density at radius 2 is 1.32 bits per heavy atom. The number of benzene rings is 2. The van der Waals surface area contributed by atoms with Gasteiger partial charge in [0.2, 0.25) is 0 Å². The van der Waals surface area contributed by atoms with Gasteiger partial charge in [-0.15, -0.1) is 0 Å². The van der Waals surface area contributed by atoms with Gasteiger partial charge >= 0.3 is 0 Å². The highest BCUT2D eigenvalue weighted by molar-refractivity contribution is 5.94. The molecule has 41 heavy (non-hydrogen) atoms. The number of carbonyl (C=O) groups is 1. The van der Waals surface area contributed by atoms with E-state index < -0.39 is 0 Å². The maximum Gasteiger partial charge on any atom is 0.251 e. The Bertz CT molecular complexity index is 1180. The zero-order valence-electron chi connectivity index (χ0n) is 25.7. The lowest BCUT2D eigenvalue weighted by molar-refractivity contribution is 0.0951. The van der Waals surface area contributed by atoms with Crippen molar-refractivity contribution in [3.05, 3.63) is 82.7 Å². The highest BCUT2D eigenvalue weighted by Gasteiger charge is 2.16. The first-order chi connectivity index (χ1) is 19.9. The van der Waals surface area contributed by atoms with E-state index in [-0.39, 0.29) is 5.91 Å². The topological polar surface area (TPSA) is 80.7 Å². The van der Waals surface area contributed by atoms with Gasteiger partial charge in [0.25, 0.3) is 5.91 Å². The summed E-state index contributed by atoms with van der Waals surface area (Å²) in [5.74, 6) is 0.270. The van der Waals surface area contributed by atoms with Gasteiger partial charge in [0.05, 0.1) is 0 Å². The largest absolute Gasteiger partial charge is 0.507 e. The Balaban J connectivity index is 1.76. The molecule has 0 aliphatic heterocycles. The molecule has 3 N–H and O–H groups in total. The summed E-state index contributed by atoms with van der Waals surface area (Å²) in [7, 11) is 0. The SMILES string of the molecule is CCCN(CCC)Cc1cc(CNC(=O)c2ccc(Nc3ccnc(C)c3)cc2)cc(CN(CCC)CCC)c1O. The minimum atomic E-state index is -0.121. The number of aryl methyl sites for hydroxylation is 1. The number of carbonyl (C=O) groups excluding carboxylic acids is 1. The van der Waals surface area contributed by atoms with E-state index >= 15 is 0 Å². The Kier molecular flexibility index (Phi) is 13.1. The summed E-state index contributed by atoms with van der Waals surface area (Å²) < 4.78 is 0. The van der Waals surface area contributed by atoms with Crippen LogP contribution in [0.25, 0.3) is 0 Å². The number of phenolic OH excluding ortho intramolecular Hbond substituents is 1. The quantitative estimate of drug-likeness (QED) is 0.165. The Morgan fingerprint density at radius 3 is 1.80 bits per heavy atom. The minimum Gasteiger partial charge on any atom is -0.507 e. The van der Waals surface area contributed by atoms with Crippen LogP contribution < -0.4 is 10.6 Å². The van der Waals surface area contributed by atoms with E-state index in [1.54, 1.807) is 6.20 Å². The lowest BCUT2D eigenvalue weighted by atomic mass is 10.0. The fraction of sp³-hybridized carbons (Fsp3) is 0.471. The Labute approximate surface area is 247 Å². The molecule has 0 fully saturated rings. The van der Waals surface area contributed by atoms with Crippen molar-refractivity contribution in [3.8, 4) is 5.75 Å². The average molecular weight is 560 g/mol. The van der Waals surface area contributed by atoms with Gasteiger partial charge in [0, 0.05) is 59.6 Å². The van der Waals surface area contributed by atoms with Crippen molar-refractivity contribution in [2.75, 3.05) is 31.5 Å². The molecule has 222 valence electrons. The molecule has 0 saturated heterocycles. The molecule has 1 aromatic heterocycles. The molecule has 1 heterocycles. The van der Waals surface area contributed by atoms with E-state index in [0.717, 1.165) is 85.6 Å². The van der Waals surface area contributed by atoms with Gasteiger partial charge in [-0.2, -0.15) is 0 Å². The molecule has 0 saturated carbocycles. The number of rotatable bonds is 17. The van der Waals surface area contributed by atoms with Gasteiger partial charge in [0.1, 0.15) is 5.75 Å². The molecule has 0 aliphatic rings. The first kappa shape index (κ1) is 32.1. The molecule has 0 spiro atoms. The summed E-state index contributed by atoms with van der Waals surface area (Å²) in [6.07, 6.45) is 6.05. The second kappa shape index (κ2) is 16.7. The Morgan fingerprint density at radius 1 is 0.780 bits per heavy atom. The average Bonchev–Trinajstić information content (AvgIpc) is 2.95. The first-order valence-electron chi connectivity index (χ1n) is 15.2. The molecule has 0 radical (unpaired) electrons. The third-order valence-corrected chi connectivity index (χ3v) is 7.06. The van der Waals surface area contributed by atoms with Gasteiger partial charge < -0.3 is 15.7 Å². The molecule has 2 aromatic carbocycles. The van der Waals surface area contributed by atoms with E-state index in [4.69, 9.17) is 0 Å². The van der Waals surface area contributed by atoms with Crippen LogP contribution >= 0.6 is 0 Å². The number of aromatic nitrogens is 1. The van der Waals surface area contributed by atoms with Crippen molar-refractivity contribution in [2.24, 2.45) is 0 Å². The van der Waals surface area contributed by atoms with Crippen molar-refractivity contribution in [1.82, 2.24) is 20.1 Å². The van der Waals surface area contributed by atoms with E-state index in [9.17, 15) is 9.90 Å². The number of nitrogens with zero attached hydrogens (tertiary/aromatic N) is 3. The van der Waals surface area contributed by atoms with E-state index in [0.29, 0.717) is 30.9 Å². The van der Waals surface area contributed by atoms with Crippen LogP contribution in [0.4, 0.5) is 11.4 Å². The predicted octanol–water partition coefficient (Wildman–Crippen LogP) is 7.01. The molecular formula is C34H49N5O2. The molecule has 1 amide bonds. The lowest BCUT2D eigenvalue weighted by Crippen LogP contribution is -2.27. The monoisotopic (exact) mass is 559 g/mol. The maximum atomic E-state index is 13.1. The standard InChI is InChI=1S/C34H49N5O2/c1-6-16-38(17-7-2)24-29-21-27(22-30(33(29)40)25-39(18-8-3)19-9-4)23-36-34(41)28-10-12-31(13-11-28)37-32-14-15-35-26(5)20-32/h10-15,20-22,40H,6-9,16-19,23-25H2,1-5H3,(H,35,37)(H,36,41). The molecule has 0 aliphatic carbocycles. The van der Waals surface area contributed by atoms with Crippen LogP contribution in [-0.4, -0.2) is 52.0 Å². The Hall–Kier alpha value is -3.42. The van der Waals surface area contributed by atoms with Crippen LogP contribution in [0.15, 0.2) is 54.7 Å². The smallest absolute Gasteiger partial charge is 0.251 e. The van der Waals surface area contributed by atoms with Crippen LogP contribution in [0, 0.1) is 6.92 Å². The highest BCUT2D eigenvalue weighted by Crippen LogP contribution is 2.28. The molecule has 7 heteroatoms. The fourth-order valence-electron chi connectivity index (χ4n) is 5.24. The van der Waals surface area contributed by atoms with Crippen molar-refractivity contribution in [1.29, 1.82) is 0 Å². The predicted molar refractivity (Wildman–Crippen MR) is 170 cm³/mol. The third kappa shape index (κ3) is 10.2.